The number of carbonyl (C=O) groups is 2. The van der Waals surface area contributed by atoms with Crippen LogP contribution in [0.2, 0.25) is 0 Å². The summed E-state index contributed by atoms with van der Waals surface area (Å²) in [6, 6.07) is 13.8. The summed E-state index contributed by atoms with van der Waals surface area (Å²) >= 11 is 0. The predicted molar refractivity (Wildman–Crippen MR) is 98.7 cm³/mol. The van der Waals surface area contributed by atoms with Crippen molar-refractivity contribution in [2.24, 2.45) is 5.92 Å². The van der Waals surface area contributed by atoms with E-state index in [0.29, 0.717) is 35.3 Å². The van der Waals surface area contributed by atoms with Gasteiger partial charge < -0.3 is 14.2 Å². The first-order chi connectivity index (χ1) is 13.0. The van der Waals surface area contributed by atoms with Crippen LogP contribution in [0.25, 0.3) is 0 Å². The maximum Gasteiger partial charge on any atom is 0.283 e. The number of ether oxygens (including phenoxy) is 3. The first-order valence-electron chi connectivity index (χ1n) is 8.74. The highest BCUT2D eigenvalue weighted by Crippen LogP contribution is 2.30. The van der Waals surface area contributed by atoms with Crippen LogP contribution in [0, 0.1) is 5.92 Å². The molecule has 142 valence electrons. The van der Waals surface area contributed by atoms with Crippen LogP contribution in [0.15, 0.2) is 48.5 Å². The zero-order chi connectivity index (χ0) is 19.2. The summed E-state index contributed by atoms with van der Waals surface area (Å²) < 4.78 is 16.7. The number of hydrogen-bond acceptors (Lipinski definition) is 5. The van der Waals surface area contributed by atoms with Gasteiger partial charge in [-0.25, -0.2) is 0 Å². The van der Waals surface area contributed by atoms with Crippen molar-refractivity contribution in [1.29, 1.82) is 0 Å². The third-order valence-electron chi connectivity index (χ3n) is 3.80. The molecule has 7 heteroatoms. The van der Waals surface area contributed by atoms with Crippen molar-refractivity contribution < 1.29 is 23.8 Å². The Morgan fingerprint density at radius 1 is 1.07 bits per heavy atom. The maximum atomic E-state index is 12.2. The first-order valence-corrected chi connectivity index (χ1v) is 8.74. The molecule has 0 saturated heterocycles. The number of amides is 2. The van der Waals surface area contributed by atoms with Gasteiger partial charge in [-0.1, -0.05) is 26.0 Å². The molecule has 0 bridgehead atoms. The Bertz CT molecular complexity index is 804. The average Bonchev–Trinajstić information content (AvgIpc) is 2.70. The second-order valence-corrected chi connectivity index (χ2v) is 6.54. The minimum absolute atomic E-state index is 0.0700. The van der Waals surface area contributed by atoms with Gasteiger partial charge in [0, 0.05) is 5.56 Å². The number of carbonyl (C=O) groups excluding carboxylic acids is 2. The Balaban J connectivity index is 1.49. The number of nitrogens with one attached hydrogen (secondary N) is 2. The minimum atomic E-state index is -0.841. The van der Waals surface area contributed by atoms with Crippen LogP contribution in [0.1, 0.15) is 24.2 Å². The summed E-state index contributed by atoms with van der Waals surface area (Å²) in [5.74, 6) is 1.26. The monoisotopic (exact) mass is 370 g/mol. The summed E-state index contributed by atoms with van der Waals surface area (Å²) in [5.41, 5.74) is 5.14. The number of benzene rings is 2. The lowest BCUT2D eigenvalue weighted by Gasteiger charge is -2.25. The van der Waals surface area contributed by atoms with E-state index in [0.717, 1.165) is 0 Å². The highest BCUT2D eigenvalue weighted by molar-refractivity contribution is 5.95. The molecule has 2 amide bonds. The molecule has 3 rings (SSSR count). The van der Waals surface area contributed by atoms with E-state index in [1.807, 2.05) is 6.07 Å². The summed E-state index contributed by atoms with van der Waals surface area (Å²) in [5, 5.41) is 0. The second-order valence-electron chi connectivity index (χ2n) is 6.54. The Morgan fingerprint density at radius 3 is 2.48 bits per heavy atom. The van der Waals surface area contributed by atoms with Crippen molar-refractivity contribution in [2.45, 2.75) is 20.0 Å². The summed E-state index contributed by atoms with van der Waals surface area (Å²) in [6.07, 6.45) is -0.841. The Labute approximate surface area is 157 Å². The second kappa shape index (κ2) is 8.44. The van der Waals surface area contributed by atoms with Gasteiger partial charge in [0.1, 0.15) is 12.4 Å². The number of hydrogen-bond donors (Lipinski definition) is 2. The molecule has 7 nitrogen and oxygen atoms in total. The van der Waals surface area contributed by atoms with E-state index in [1.165, 1.54) is 0 Å². The zero-order valence-corrected chi connectivity index (χ0v) is 15.2. The highest BCUT2D eigenvalue weighted by atomic mass is 16.6. The lowest BCUT2D eigenvalue weighted by Crippen LogP contribution is -2.50. The van der Waals surface area contributed by atoms with E-state index < -0.39 is 17.9 Å². The Morgan fingerprint density at radius 2 is 1.78 bits per heavy atom. The van der Waals surface area contributed by atoms with Crippen molar-refractivity contribution in [3.8, 4) is 17.2 Å². The standard InChI is InChI=1S/C20H22N2O5/c1-13(2)11-25-15-9-7-14(8-10-15)19(23)21-22-20(24)18-12-26-16-5-3-4-6-17(16)27-18/h3-10,13,18H,11-12H2,1-2H3,(H,21,23)(H,22,24). The largest absolute Gasteiger partial charge is 0.493 e. The zero-order valence-electron chi connectivity index (χ0n) is 15.2. The van der Waals surface area contributed by atoms with Gasteiger partial charge in [0.2, 0.25) is 6.10 Å². The predicted octanol–water partition coefficient (Wildman–Crippen LogP) is 2.32. The van der Waals surface area contributed by atoms with Crippen molar-refractivity contribution in [2.75, 3.05) is 13.2 Å². The molecule has 0 fully saturated rings. The van der Waals surface area contributed by atoms with E-state index in [9.17, 15) is 9.59 Å². The quantitative estimate of drug-likeness (QED) is 0.789. The normalized spacial score (nSPS) is 15.1. The highest BCUT2D eigenvalue weighted by Gasteiger charge is 2.27. The van der Waals surface area contributed by atoms with Crippen molar-refractivity contribution in [3.63, 3.8) is 0 Å². The molecule has 1 atom stereocenters. The molecule has 1 unspecified atom stereocenters. The molecule has 0 spiro atoms. The Hall–Kier alpha value is -3.22. The smallest absolute Gasteiger partial charge is 0.283 e. The van der Waals surface area contributed by atoms with E-state index in [1.54, 1.807) is 42.5 Å². The van der Waals surface area contributed by atoms with Crippen molar-refractivity contribution in [1.82, 2.24) is 10.9 Å². The van der Waals surface area contributed by atoms with Gasteiger partial charge in [-0.15, -0.1) is 0 Å². The molecule has 27 heavy (non-hydrogen) atoms. The van der Waals surface area contributed by atoms with Gasteiger partial charge in [-0.05, 0) is 42.3 Å². The average molecular weight is 370 g/mol. The summed E-state index contributed by atoms with van der Waals surface area (Å²) in [6.45, 7) is 4.79. The van der Waals surface area contributed by atoms with Crippen LogP contribution >= 0.6 is 0 Å². The lowest BCUT2D eigenvalue weighted by molar-refractivity contribution is -0.131. The van der Waals surface area contributed by atoms with Crippen molar-refractivity contribution >= 4 is 11.8 Å². The molecule has 2 N–H and O–H groups in total. The molecule has 1 aliphatic rings. The molecule has 2 aromatic rings. The SMILES string of the molecule is CC(C)COc1ccc(C(=O)NNC(=O)C2COc3ccccc3O2)cc1. The fourth-order valence-corrected chi connectivity index (χ4v) is 2.39. The molecular formula is C20H22N2O5. The molecular weight excluding hydrogens is 348 g/mol. The number of hydrazine groups is 1. The van der Waals surface area contributed by atoms with Crippen LogP contribution < -0.4 is 25.1 Å². The van der Waals surface area contributed by atoms with E-state index >= 15 is 0 Å². The number of rotatable bonds is 5. The summed E-state index contributed by atoms with van der Waals surface area (Å²) in [4.78, 5) is 24.4. The van der Waals surface area contributed by atoms with Gasteiger partial charge in [-0.2, -0.15) is 0 Å². The molecule has 1 heterocycles. The van der Waals surface area contributed by atoms with E-state index in [2.05, 4.69) is 24.7 Å². The number of para-hydroxylation sites is 2. The minimum Gasteiger partial charge on any atom is -0.493 e. The summed E-state index contributed by atoms with van der Waals surface area (Å²) in [7, 11) is 0. The van der Waals surface area contributed by atoms with Crippen LogP contribution in [-0.2, 0) is 4.79 Å². The number of fused-ring (bicyclic) bond motifs is 1. The van der Waals surface area contributed by atoms with Crippen LogP contribution in [-0.4, -0.2) is 31.1 Å². The van der Waals surface area contributed by atoms with E-state index in [4.69, 9.17) is 14.2 Å². The van der Waals surface area contributed by atoms with Gasteiger partial charge in [0.05, 0.1) is 6.61 Å². The molecule has 0 aromatic heterocycles. The van der Waals surface area contributed by atoms with Gasteiger partial charge in [-0.3, -0.25) is 20.4 Å². The van der Waals surface area contributed by atoms with Crippen LogP contribution in [0.4, 0.5) is 0 Å². The Kier molecular flexibility index (Phi) is 5.80. The topological polar surface area (TPSA) is 85.9 Å². The van der Waals surface area contributed by atoms with Crippen LogP contribution in [0.5, 0.6) is 17.2 Å². The van der Waals surface area contributed by atoms with Gasteiger partial charge in [0.15, 0.2) is 11.5 Å². The van der Waals surface area contributed by atoms with E-state index in [-0.39, 0.29) is 6.61 Å². The first kappa shape index (κ1) is 18.6. The van der Waals surface area contributed by atoms with Crippen LogP contribution in [0.3, 0.4) is 0 Å². The fourth-order valence-electron chi connectivity index (χ4n) is 2.39. The molecule has 0 saturated carbocycles. The third-order valence-corrected chi connectivity index (χ3v) is 3.80. The fraction of sp³-hybridized carbons (Fsp3) is 0.300. The molecule has 0 radical (unpaired) electrons. The third kappa shape index (κ3) is 4.91. The molecule has 0 aliphatic carbocycles. The van der Waals surface area contributed by atoms with Gasteiger partial charge >= 0.3 is 0 Å². The molecule has 2 aromatic carbocycles. The molecule has 1 aliphatic heterocycles. The van der Waals surface area contributed by atoms with Crippen molar-refractivity contribution in [3.05, 3.63) is 54.1 Å². The maximum absolute atomic E-state index is 12.2. The van der Waals surface area contributed by atoms with Gasteiger partial charge in [0.25, 0.3) is 11.8 Å². The lowest BCUT2D eigenvalue weighted by atomic mass is 10.2.